The molecule has 3 aromatic carbocycles. The van der Waals surface area contributed by atoms with Gasteiger partial charge in [-0.1, -0.05) is 48.2 Å². The maximum absolute atomic E-state index is 14.0. The average Bonchev–Trinajstić information content (AvgIpc) is 3.25. The van der Waals surface area contributed by atoms with Crippen molar-refractivity contribution in [1.82, 2.24) is 15.2 Å². The Hall–Kier alpha value is -3.85. The number of nitrogens with zero attached hydrogens (tertiary/aromatic N) is 3. The lowest BCUT2D eigenvalue weighted by molar-refractivity contribution is 0.173. The van der Waals surface area contributed by atoms with Crippen LogP contribution in [-0.4, -0.2) is 22.0 Å². The Morgan fingerprint density at radius 1 is 0.970 bits per heavy atom. The van der Waals surface area contributed by atoms with E-state index in [2.05, 4.69) is 20.5 Å². The second kappa shape index (κ2) is 8.25. The molecule has 1 aromatic heterocycles. The van der Waals surface area contributed by atoms with Crippen LogP contribution in [0.25, 0.3) is 11.3 Å². The van der Waals surface area contributed by atoms with Crippen molar-refractivity contribution in [2.45, 2.75) is 17.1 Å². The number of nitrogens with one attached hydrogen (secondary N) is 1. The van der Waals surface area contributed by atoms with Crippen LogP contribution in [0.4, 0.5) is 10.1 Å². The Bertz CT molecular complexity index is 1350. The fourth-order valence-electron chi connectivity index (χ4n) is 3.69. The van der Waals surface area contributed by atoms with E-state index in [0.29, 0.717) is 39.5 Å². The maximum Gasteiger partial charge on any atom is 0.247 e. The molecule has 1 N–H and O–H groups in total. The summed E-state index contributed by atoms with van der Waals surface area (Å²) in [6, 6.07) is 20.1. The van der Waals surface area contributed by atoms with E-state index < -0.39 is 6.23 Å². The van der Waals surface area contributed by atoms with Crippen molar-refractivity contribution in [2.24, 2.45) is 0 Å². The smallest absolute Gasteiger partial charge is 0.247 e. The average molecular weight is 460 g/mol. The summed E-state index contributed by atoms with van der Waals surface area (Å²) in [6.07, 6.45) is -0.539. The first kappa shape index (κ1) is 19.8. The lowest BCUT2D eigenvalue weighted by Gasteiger charge is -2.19. The van der Waals surface area contributed by atoms with Gasteiger partial charge in [0, 0.05) is 22.6 Å². The number of rotatable bonds is 4. The number of aromatic nitrogens is 3. The monoisotopic (exact) mass is 460 g/mol. The summed E-state index contributed by atoms with van der Waals surface area (Å²) < 4.78 is 31.2. The standard InChI is InChI=1S/C24H17FN4O3S/c25-17-7-3-1-5-15(17)12-33-24-27-23-21(28-29-24)16-6-2-4-8-18(16)26-22(32-23)14-9-10-19-20(11-14)31-13-30-19/h1-11,22,26H,12-13H2/t22-/m0/s1. The third-order valence-corrected chi connectivity index (χ3v) is 6.23. The fraction of sp³-hybridized carbons (Fsp3) is 0.125. The SMILES string of the molecule is Fc1ccccc1CSc1nnc2c(n1)O[C@@H](c1ccc3c(c1)OCO3)Nc1ccccc1-2. The molecular formula is C24H17FN4O3S. The van der Waals surface area contributed by atoms with E-state index in [-0.39, 0.29) is 12.6 Å². The summed E-state index contributed by atoms with van der Waals surface area (Å²) in [7, 11) is 0. The van der Waals surface area contributed by atoms with E-state index in [0.717, 1.165) is 16.8 Å². The topological polar surface area (TPSA) is 78.4 Å². The summed E-state index contributed by atoms with van der Waals surface area (Å²) in [6.45, 7) is 0.198. The first-order chi connectivity index (χ1) is 16.2. The first-order valence-electron chi connectivity index (χ1n) is 10.3. The van der Waals surface area contributed by atoms with Crippen molar-refractivity contribution in [3.05, 3.63) is 83.7 Å². The molecule has 0 aliphatic carbocycles. The van der Waals surface area contributed by atoms with Crippen molar-refractivity contribution < 1.29 is 18.6 Å². The van der Waals surface area contributed by atoms with E-state index in [1.165, 1.54) is 17.8 Å². The number of hydrogen-bond acceptors (Lipinski definition) is 8. The van der Waals surface area contributed by atoms with Crippen LogP contribution in [0.3, 0.4) is 0 Å². The number of halogens is 1. The second-order valence-corrected chi connectivity index (χ2v) is 8.37. The van der Waals surface area contributed by atoms with Crippen LogP contribution in [0.15, 0.2) is 71.9 Å². The highest BCUT2D eigenvalue weighted by molar-refractivity contribution is 7.98. The minimum atomic E-state index is -0.539. The molecule has 0 saturated carbocycles. The van der Waals surface area contributed by atoms with Gasteiger partial charge in [-0.15, -0.1) is 10.2 Å². The largest absolute Gasteiger partial charge is 0.454 e. The summed E-state index contributed by atoms with van der Waals surface area (Å²) in [5.74, 6) is 1.83. The van der Waals surface area contributed by atoms with Crippen LogP contribution in [-0.2, 0) is 5.75 Å². The lowest BCUT2D eigenvalue weighted by atomic mass is 10.1. The molecule has 4 aromatic rings. The summed E-state index contributed by atoms with van der Waals surface area (Å²) in [4.78, 5) is 4.61. The minimum absolute atomic E-state index is 0.198. The van der Waals surface area contributed by atoms with Gasteiger partial charge in [0.25, 0.3) is 0 Å². The molecule has 2 aliphatic rings. The predicted octanol–water partition coefficient (Wildman–Crippen LogP) is 5.20. The van der Waals surface area contributed by atoms with E-state index in [1.54, 1.807) is 18.2 Å². The zero-order valence-electron chi connectivity index (χ0n) is 17.2. The first-order valence-corrected chi connectivity index (χ1v) is 11.3. The van der Waals surface area contributed by atoms with Crippen molar-refractivity contribution in [1.29, 1.82) is 0 Å². The molecular weight excluding hydrogens is 443 g/mol. The number of benzene rings is 3. The number of ether oxygens (including phenoxy) is 3. The molecule has 0 unspecified atom stereocenters. The molecule has 6 rings (SSSR count). The van der Waals surface area contributed by atoms with Gasteiger partial charge in [-0.3, -0.25) is 0 Å². The Kier molecular flexibility index (Phi) is 4.95. The fourth-order valence-corrected chi connectivity index (χ4v) is 4.46. The van der Waals surface area contributed by atoms with Crippen molar-refractivity contribution in [3.63, 3.8) is 0 Å². The number of hydrogen-bond donors (Lipinski definition) is 1. The maximum atomic E-state index is 14.0. The highest BCUT2D eigenvalue weighted by atomic mass is 32.2. The Morgan fingerprint density at radius 3 is 2.76 bits per heavy atom. The van der Waals surface area contributed by atoms with Gasteiger partial charge in [0.05, 0.1) is 0 Å². The van der Waals surface area contributed by atoms with Gasteiger partial charge in [0.2, 0.25) is 17.8 Å². The van der Waals surface area contributed by atoms with Gasteiger partial charge in [0.15, 0.2) is 23.4 Å². The van der Waals surface area contributed by atoms with Gasteiger partial charge in [-0.25, -0.2) is 4.39 Å². The lowest BCUT2D eigenvalue weighted by Crippen LogP contribution is -2.17. The number of anilines is 1. The molecule has 2 aliphatic heterocycles. The zero-order chi connectivity index (χ0) is 22.2. The molecule has 0 amide bonds. The highest BCUT2D eigenvalue weighted by Gasteiger charge is 2.27. The Balaban J connectivity index is 1.35. The normalized spacial score (nSPS) is 15.6. The zero-order valence-corrected chi connectivity index (χ0v) is 18.0. The molecule has 0 bridgehead atoms. The molecule has 0 saturated heterocycles. The van der Waals surface area contributed by atoms with Gasteiger partial charge in [-0.05, 0) is 35.9 Å². The molecule has 7 nitrogen and oxygen atoms in total. The van der Waals surface area contributed by atoms with Crippen molar-refractivity contribution in [2.75, 3.05) is 12.1 Å². The van der Waals surface area contributed by atoms with Gasteiger partial charge in [-0.2, -0.15) is 4.98 Å². The van der Waals surface area contributed by atoms with Crippen LogP contribution in [0.1, 0.15) is 17.4 Å². The second-order valence-electron chi connectivity index (χ2n) is 7.43. The number of fused-ring (bicyclic) bond motifs is 4. The Labute approximate surface area is 192 Å². The van der Waals surface area contributed by atoms with Gasteiger partial charge >= 0.3 is 0 Å². The van der Waals surface area contributed by atoms with Crippen LogP contribution in [0.5, 0.6) is 17.4 Å². The van der Waals surface area contributed by atoms with Crippen LogP contribution >= 0.6 is 11.8 Å². The third-order valence-electron chi connectivity index (χ3n) is 5.35. The minimum Gasteiger partial charge on any atom is -0.454 e. The molecule has 0 fully saturated rings. The summed E-state index contributed by atoms with van der Waals surface area (Å²) in [5, 5.41) is 12.5. The molecule has 0 spiro atoms. The molecule has 3 heterocycles. The third kappa shape index (κ3) is 3.80. The number of thioether (sulfide) groups is 1. The van der Waals surface area contributed by atoms with Crippen molar-refractivity contribution >= 4 is 17.4 Å². The molecule has 1 atom stereocenters. The molecule has 164 valence electrons. The quantitative estimate of drug-likeness (QED) is 0.416. The highest BCUT2D eigenvalue weighted by Crippen LogP contribution is 2.41. The van der Waals surface area contributed by atoms with Crippen LogP contribution in [0.2, 0.25) is 0 Å². The van der Waals surface area contributed by atoms with Gasteiger partial charge < -0.3 is 19.5 Å². The van der Waals surface area contributed by atoms with Crippen LogP contribution < -0.4 is 19.5 Å². The summed E-state index contributed by atoms with van der Waals surface area (Å²) >= 11 is 1.30. The predicted molar refractivity (Wildman–Crippen MR) is 121 cm³/mol. The van der Waals surface area contributed by atoms with E-state index in [1.807, 2.05) is 42.5 Å². The molecule has 0 radical (unpaired) electrons. The summed E-state index contributed by atoms with van der Waals surface area (Å²) in [5.41, 5.74) is 3.65. The van der Waals surface area contributed by atoms with E-state index in [9.17, 15) is 4.39 Å². The van der Waals surface area contributed by atoms with Crippen LogP contribution in [0, 0.1) is 5.82 Å². The van der Waals surface area contributed by atoms with Gasteiger partial charge in [0.1, 0.15) is 5.82 Å². The van der Waals surface area contributed by atoms with Crippen molar-refractivity contribution in [3.8, 4) is 28.6 Å². The van der Waals surface area contributed by atoms with E-state index in [4.69, 9.17) is 14.2 Å². The van der Waals surface area contributed by atoms with E-state index >= 15 is 0 Å². The number of para-hydroxylation sites is 1. The Morgan fingerprint density at radius 2 is 1.82 bits per heavy atom. The molecule has 9 heteroatoms. The molecule has 33 heavy (non-hydrogen) atoms.